The molecule has 0 aliphatic rings. The van der Waals surface area contributed by atoms with Crippen molar-refractivity contribution in [3.05, 3.63) is 29.8 Å². The van der Waals surface area contributed by atoms with E-state index >= 15 is 0 Å². The van der Waals surface area contributed by atoms with E-state index in [1.807, 2.05) is 6.07 Å². The third kappa shape index (κ3) is 5.91. The summed E-state index contributed by atoms with van der Waals surface area (Å²) in [7, 11) is 0. The molecule has 0 saturated carbocycles. The van der Waals surface area contributed by atoms with E-state index in [-0.39, 0.29) is 0 Å². The minimum Gasteiger partial charge on any atom is -0.362 e. The summed E-state index contributed by atoms with van der Waals surface area (Å²) in [5.74, 6) is 0.719. The highest BCUT2D eigenvalue weighted by Crippen LogP contribution is 2.15. The summed E-state index contributed by atoms with van der Waals surface area (Å²) < 4.78 is 0. The lowest BCUT2D eigenvalue weighted by molar-refractivity contribution is 0.446. The zero-order valence-corrected chi connectivity index (χ0v) is 13.9. The highest BCUT2D eigenvalue weighted by Gasteiger charge is 2.07. The fraction of sp³-hybridized carbons (Fsp3) is 0.588. The number of nitrogens with one attached hydrogen (secondary N) is 2. The van der Waals surface area contributed by atoms with E-state index in [9.17, 15) is 0 Å². The van der Waals surface area contributed by atoms with Gasteiger partial charge in [-0.1, -0.05) is 58.2 Å². The van der Waals surface area contributed by atoms with Crippen molar-refractivity contribution in [3.63, 3.8) is 0 Å². The molecule has 0 heterocycles. The first-order chi connectivity index (χ1) is 9.71. The number of hydrogen-bond donors (Lipinski definition) is 2. The average Bonchev–Trinajstić information content (AvgIpc) is 2.48. The Hall–Kier alpha value is -1.09. The van der Waals surface area contributed by atoms with Gasteiger partial charge in [0.25, 0.3) is 0 Å². The molecule has 1 atom stereocenters. The Bertz CT molecular complexity index is 404. The van der Waals surface area contributed by atoms with Gasteiger partial charge in [0.1, 0.15) is 0 Å². The Kier molecular flexibility index (Phi) is 8.28. The largest absolute Gasteiger partial charge is 0.362 e. The van der Waals surface area contributed by atoms with Crippen molar-refractivity contribution in [1.82, 2.24) is 5.32 Å². The first-order valence-corrected chi connectivity index (χ1v) is 8.24. The second-order valence-corrected chi connectivity index (χ2v) is 5.67. The van der Waals surface area contributed by atoms with Crippen LogP contribution in [0.5, 0.6) is 0 Å². The Balaban J connectivity index is 2.43. The number of benzene rings is 1. The molecule has 2 nitrogen and oxygen atoms in total. The molecule has 2 N–H and O–H groups in total. The van der Waals surface area contributed by atoms with Gasteiger partial charge in [0.15, 0.2) is 5.11 Å². The Morgan fingerprint density at radius 1 is 1.20 bits per heavy atom. The Labute approximate surface area is 129 Å². The zero-order valence-electron chi connectivity index (χ0n) is 13.0. The van der Waals surface area contributed by atoms with Gasteiger partial charge in [-0.2, -0.15) is 0 Å². The van der Waals surface area contributed by atoms with E-state index < -0.39 is 0 Å². The monoisotopic (exact) mass is 292 g/mol. The van der Waals surface area contributed by atoms with Crippen molar-refractivity contribution in [3.8, 4) is 0 Å². The molecule has 1 unspecified atom stereocenters. The molecule has 0 spiro atoms. The third-order valence-corrected chi connectivity index (χ3v) is 3.99. The summed E-state index contributed by atoms with van der Waals surface area (Å²) in [6.07, 6.45) is 6.08. The topological polar surface area (TPSA) is 24.1 Å². The SMILES string of the molecule is CCCCC(CC)CNC(=S)Nc1ccccc1CC. The normalized spacial score (nSPS) is 11.9. The fourth-order valence-corrected chi connectivity index (χ4v) is 2.49. The standard InChI is InChI=1S/C17H28N2S/c1-4-7-10-14(5-2)13-18-17(20)19-16-12-9-8-11-15(16)6-3/h8-9,11-12,14H,4-7,10,13H2,1-3H3,(H2,18,19,20). The average molecular weight is 292 g/mol. The number of aryl methyl sites for hydroxylation is 1. The van der Waals surface area contributed by atoms with Crippen LogP contribution in [0.15, 0.2) is 24.3 Å². The lowest BCUT2D eigenvalue weighted by atomic mass is 9.99. The number of hydrogen-bond acceptors (Lipinski definition) is 1. The summed E-state index contributed by atoms with van der Waals surface area (Å²) in [5, 5.41) is 7.42. The number of anilines is 1. The van der Waals surface area contributed by atoms with Crippen molar-refractivity contribution in [2.45, 2.75) is 52.9 Å². The summed E-state index contributed by atoms with van der Waals surface area (Å²) in [4.78, 5) is 0. The van der Waals surface area contributed by atoms with Gasteiger partial charge < -0.3 is 10.6 Å². The summed E-state index contributed by atoms with van der Waals surface area (Å²) >= 11 is 5.40. The summed E-state index contributed by atoms with van der Waals surface area (Å²) in [6, 6.07) is 8.33. The lowest BCUT2D eigenvalue weighted by Gasteiger charge is -2.18. The van der Waals surface area contributed by atoms with Crippen LogP contribution in [0.3, 0.4) is 0 Å². The molecular formula is C17H28N2S. The molecule has 3 heteroatoms. The quantitative estimate of drug-likeness (QED) is 0.676. The van der Waals surface area contributed by atoms with Gasteiger partial charge in [0, 0.05) is 12.2 Å². The van der Waals surface area contributed by atoms with Gasteiger partial charge >= 0.3 is 0 Å². The van der Waals surface area contributed by atoms with Gasteiger partial charge in [0.05, 0.1) is 0 Å². The highest BCUT2D eigenvalue weighted by atomic mass is 32.1. The highest BCUT2D eigenvalue weighted by molar-refractivity contribution is 7.80. The molecule has 0 aliphatic heterocycles. The summed E-state index contributed by atoms with van der Waals surface area (Å²) in [6.45, 7) is 7.63. The van der Waals surface area contributed by atoms with E-state index in [0.29, 0.717) is 0 Å². The van der Waals surface area contributed by atoms with Crippen LogP contribution in [0.2, 0.25) is 0 Å². The molecule has 20 heavy (non-hydrogen) atoms. The molecule has 0 radical (unpaired) electrons. The minimum atomic E-state index is 0.719. The second kappa shape index (κ2) is 9.76. The van der Waals surface area contributed by atoms with Crippen molar-refractivity contribution in [1.29, 1.82) is 0 Å². The molecule has 1 aromatic carbocycles. The van der Waals surface area contributed by atoms with Gasteiger partial charge in [-0.15, -0.1) is 0 Å². The van der Waals surface area contributed by atoms with Gasteiger partial charge in [-0.05, 0) is 42.6 Å². The summed E-state index contributed by atoms with van der Waals surface area (Å²) in [5.41, 5.74) is 2.42. The number of unbranched alkanes of at least 4 members (excludes halogenated alkanes) is 1. The van der Waals surface area contributed by atoms with Crippen molar-refractivity contribution < 1.29 is 0 Å². The van der Waals surface area contributed by atoms with Crippen LogP contribution in [-0.2, 0) is 6.42 Å². The molecule has 0 aromatic heterocycles. The predicted octanol–water partition coefficient (Wildman–Crippen LogP) is 4.75. The van der Waals surface area contributed by atoms with Crippen molar-refractivity contribution in [2.24, 2.45) is 5.92 Å². The molecule has 0 fully saturated rings. The van der Waals surface area contributed by atoms with Crippen LogP contribution >= 0.6 is 12.2 Å². The maximum atomic E-state index is 5.40. The molecular weight excluding hydrogens is 264 g/mol. The van der Waals surface area contributed by atoms with E-state index in [0.717, 1.165) is 29.7 Å². The molecule has 1 aromatic rings. The fourth-order valence-electron chi connectivity index (χ4n) is 2.30. The number of thiocarbonyl (C=S) groups is 1. The molecule has 0 saturated heterocycles. The van der Waals surface area contributed by atoms with Crippen LogP contribution in [0.25, 0.3) is 0 Å². The zero-order chi connectivity index (χ0) is 14.8. The molecule has 0 bridgehead atoms. The van der Waals surface area contributed by atoms with Crippen molar-refractivity contribution >= 4 is 23.0 Å². The molecule has 1 rings (SSSR count). The Morgan fingerprint density at radius 3 is 2.60 bits per heavy atom. The lowest BCUT2D eigenvalue weighted by Crippen LogP contribution is -2.33. The first-order valence-electron chi connectivity index (χ1n) is 7.83. The predicted molar refractivity (Wildman–Crippen MR) is 93.3 cm³/mol. The van der Waals surface area contributed by atoms with E-state index in [1.165, 1.54) is 31.2 Å². The number of para-hydroxylation sites is 1. The first kappa shape index (κ1) is 17.0. The van der Waals surface area contributed by atoms with E-state index in [4.69, 9.17) is 12.2 Å². The smallest absolute Gasteiger partial charge is 0.170 e. The van der Waals surface area contributed by atoms with E-state index in [1.54, 1.807) is 0 Å². The Morgan fingerprint density at radius 2 is 1.95 bits per heavy atom. The van der Waals surface area contributed by atoms with E-state index in [2.05, 4.69) is 49.6 Å². The second-order valence-electron chi connectivity index (χ2n) is 5.26. The van der Waals surface area contributed by atoms with Crippen molar-refractivity contribution in [2.75, 3.05) is 11.9 Å². The minimum absolute atomic E-state index is 0.719. The van der Waals surface area contributed by atoms with Gasteiger partial charge in [-0.25, -0.2) is 0 Å². The molecule has 0 aliphatic carbocycles. The maximum Gasteiger partial charge on any atom is 0.170 e. The molecule has 0 amide bonds. The van der Waals surface area contributed by atoms with Crippen LogP contribution in [0.4, 0.5) is 5.69 Å². The van der Waals surface area contributed by atoms with Gasteiger partial charge in [-0.3, -0.25) is 0 Å². The van der Waals surface area contributed by atoms with Gasteiger partial charge in [0.2, 0.25) is 0 Å². The molecule has 112 valence electrons. The van der Waals surface area contributed by atoms with Crippen LogP contribution in [0.1, 0.15) is 52.0 Å². The van der Waals surface area contributed by atoms with Crippen LogP contribution in [-0.4, -0.2) is 11.7 Å². The van der Waals surface area contributed by atoms with Crippen LogP contribution in [0, 0.1) is 5.92 Å². The maximum absolute atomic E-state index is 5.40. The van der Waals surface area contributed by atoms with Crippen LogP contribution < -0.4 is 10.6 Å². The number of rotatable bonds is 8. The third-order valence-electron chi connectivity index (χ3n) is 3.74.